The van der Waals surface area contributed by atoms with Crippen molar-refractivity contribution >= 4 is 22.9 Å². The summed E-state index contributed by atoms with van der Waals surface area (Å²) in [6.45, 7) is 1.87. The lowest BCUT2D eigenvalue weighted by atomic mass is 10.0. The van der Waals surface area contributed by atoms with Gasteiger partial charge in [0, 0.05) is 24.9 Å². The first-order valence-corrected chi connectivity index (χ1v) is 7.71. The topological polar surface area (TPSA) is 72.2 Å². The fourth-order valence-corrected chi connectivity index (χ4v) is 2.86. The number of likely N-dealkylation sites (tertiary alicyclic amines) is 1. The molecule has 0 amide bonds. The van der Waals surface area contributed by atoms with Gasteiger partial charge in [-0.05, 0) is 18.4 Å². The number of hydrogen-bond acceptors (Lipinski definition) is 5. The van der Waals surface area contributed by atoms with Gasteiger partial charge < -0.3 is 4.90 Å². The molecule has 1 fully saturated rings. The normalized spacial score (nSPS) is 15.0. The van der Waals surface area contributed by atoms with Gasteiger partial charge in [0.05, 0.1) is 4.92 Å². The average Bonchev–Trinajstić information content (AvgIpc) is 3.06. The Bertz CT molecular complexity index is 743. The summed E-state index contributed by atoms with van der Waals surface area (Å²) in [5, 5.41) is 11.3. The first kappa shape index (κ1) is 15.4. The number of nitrogens with zero attached hydrogens (tertiary/aromatic N) is 4. The van der Waals surface area contributed by atoms with E-state index in [2.05, 4.69) is 14.9 Å². The van der Waals surface area contributed by atoms with Crippen LogP contribution < -0.4 is 0 Å². The summed E-state index contributed by atoms with van der Waals surface area (Å²) >= 11 is 5.94. The van der Waals surface area contributed by atoms with E-state index < -0.39 is 4.92 Å². The fraction of sp³-hybridized carbons (Fsp3) is 0.250. The van der Waals surface area contributed by atoms with E-state index >= 15 is 0 Å². The first-order chi connectivity index (χ1) is 11.2. The van der Waals surface area contributed by atoms with Crippen LogP contribution in [-0.2, 0) is 0 Å². The zero-order valence-corrected chi connectivity index (χ0v) is 13.1. The molecule has 0 aliphatic carbocycles. The Balaban J connectivity index is 2.17. The van der Waals surface area contributed by atoms with E-state index in [0.29, 0.717) is 5.57 Å². The molecule has 7 heteroatoms. The summed E-state index contributed by atoms with van der Waals surface area (Å²) in [6, 6.07) is 9.49. The Morgan fingerprint density at radius 1 is 1.22 bits per heavy atom. The van der Waals surface area contributed by atoms with Crippen molar-refractivity contribution in [3.8, 4) is 0 Å². The van der Waals surface area contributed by atoms with Crippen molar-refractivity contribution in [2.45, 2.75) is 12.8 Å². The summed E-state index contributed by atoms with van der Waals surface area (Å²) in [4.78, 5) is 20.9. The highest BCUT2D eigenvalue weighted by Gasteiger charge is 2.25. The molecular weight excluding hydrogens is 316 g/mol. The van der Waals surface area contributed by atoms with Crippen LogP contribution in [0.3, 0.4) is 0 Å². The molecule has 0 N–H and O–H groups in total. The number of nitro groups is 1. The van der Waals surface area contributed by atoms with Crippen molar-refractivity contribution < 1.29 is 4.92 Å². The minimum atomic E-state index is -0.529. The van der Waals surface area contributed by atoms with E-state index in [1.165, 1.54) is 6.33 Å². The molecule has 1 aliphatic heterocycles. The number of aromatic nitrogens is 2. The van der Waals surface area contributed by atoms with Crippen LogP contribution in [0.4, 0.5) is 5.69 Å². The summed E-state index contributed by atoms with van der Waals surface area (Å²) in [5.41, 5.74) is 1.53. The van der Waals surface area contributed by atoms with Gasteiger partial charge in [-0.15, -0.1) is 0 Å². The van der Waals surface area contributed by atoms with Gasteiger partial charge in [0.15, 0.2) is 5.69 Å². The largest absolute Gasteiger partial charge is 0.377 e. The molecule has 1 aromatic heterocycles. The monoisotopic (exact) mass is 330 g/mol. The van der Waals surface area contributed by atoms with Crippen LogP contribution in [0.1, 0.15) is 24.1 Å². The molecule has 0 radical (unpaired) electrons. The van der Waals surface area contributed by atoms with Crippen LogP contribution in [-0.4, -0.2) is 32.9 Å². The smallest absolute Gasteiger partial charge is 0.332 e. The van der Waals surface area contributed by atoms with Gasteiger partial charge >= 0.3 is 5.69 Å². The molecule has 0 atom stereocenters. The third-order valence-corrected chi connectivity index (χ3v) is 4.03. The summed E-state index contributed by atoms with van der Waals surface area (Å²) in [7, 11) is 0. The predicted molar refractivity (Wildman–Crippen MR) is 88.0 cm³/mol. The van der Waals surface area contributed by atoms with Crippen molar-refractivity contribution in [1.29, 1.82) is 0 Å². The lowest BCUT2D eigenvalue weighted by Gasteiger charge is -2.15. The maximum atomic E-state index is 11.4. The maximum absolute atomic E-state index is 11.4. The van der Waals surface area contributed by atoms with E-state index in [0.717, 1.165) is 31.5 Å². The van der Waals surface area contributed by atoms with Crippen LogP contribution in [0, 0.1) is 10.1 Å². The second kappa shape index (κ2) is 6.75. The van der Waals surface area contributed by atoms with E-state index in [9.17, 15) is 10.1 Å². The van der Waals surface area contributed by atoms with Gasteiger partial charge in [0.25, 0.3) is 0 Å². The Morgan fingerprint density at radius 3 is 2.57 bits per heavy atom. The summed E-state index contributed by atoms with van der Waals surface area (Å²) in [6.07, 6.45) is 5.43. The molecular formula is C16H15ClN4O2. The lowest BCUT2D eigenvalue weighted by Crippen LogP contribution is -2.13. The van der Waals surface area contributed by atoms with Crippen molar-refractivity contribution in [2.75, 3.05) is 13.1 Å². The van der Waals surface area contributed by atoms with Gasteiger partial charge in [0.1, 0.15) is 6.33 Å². The highest BCUT2D eigenvalue weighted by molar-refractivity contribution is 6.31. The summed E-state index contributed by atoms with van der Waals surface area (Å²) < 4.78 is 0. The maximum Gasteiger partial charge on any atom is 0.332 e. The fourth-order valence-electron chi connectivity index (χ4n) is 2.66. The molecule has 1 aromatic carbocycles. The van der Waals surface area contributed by atoms with E-state index in [4.69, 9.17) is 11.6 Å². The molecule has 1 aliphatic rings. The van der Waals surface area contributed by atoms with Gasteiger partial charge in [-0.1, -0.05) is 41.9 Å². The van der Waals surface area contributed by atoms with Crippen molar-refractivity contribution in [3.63, 3.8) is 0 Å². The molecule has 3 rings (SSSR count). The van der Waals surface area contributed by atoms with E-state index in [1.54, 1.807) is 0 Å². The van der Waals surface area contributed by atoms with Crippen LogP contribution >= 0.6 is 11.6 Å². The second-order valence-electron chi connectivity index (χ2n) is 5.27. The molecule has 0 unspecified atom stereocenters. The highest BCUT2D eigenvalue weighted by atomic mass is 35.5. The zero-order chi connectivity index (χ0) is 16.2. The highest BCUT2D eigenvalue weighted by Crippen LogP contribution is 2.33. The van der Waals surface area contributed by atoms with Gasteiger partial charge in [-0.3, -0.25) is 10.1 Å². The van der Waals surface area contributed by atoms with Crippen molar-refractivity contribution in [1.82, 2.24) is 14.9 Å². The predicted octanol–water partition coefficient (Wildman–Crippen LogP) is 3.52. The standard InChI is InChI=1S/C16H15ClN4O2/c17-16-15(21(22)23)14(18-11-19-16)13(10-20-8-4-5-9-20)12-6-2-1-3-7-12/h1-3,6-7,10-11H,4-5,8-9H2/b13-10+. The Morgan fingerprint density at radius 2 is 1.91 bits per heavy atom. The number of hydrogen-bond donors (Lipinski definition) is 0. The quantitative estimate of drug-likeness (QED) is 0.487. The van der Waals surface area contributed by atoms with Crippen LogP contribution in [0.25, 0.3) is 5.57 Å². The molecule has 0 spiro atoms. The zero-order valence-electron chi connectivity index (χ0n) is 12.4. The lowest BCUT2D eigenvalue weighted by molar-refractivity contribution is -0.385. The molecule has 118 valence electrons. The van der Waals surface area contributed by atoms with Crippen LogP contribution in [0.15, 0.2) is 42.9 Å². The van der Waals surface area contributed by atoms with Gasteiger partial charge in [-0.2, -0.15) is 0 Å². The molecule has 23 heavy (non-hydrogen) atoms. The molecule has 2 aromatic rings. The van der Waals surface area contributed by atoms with Gasteiger partial charge in [0.2, 0.25) is 5.15 Å². The third kappa shape index (κ3) is 3.32. The van der Waals surface area contributed by atoms with Crippen LogP contribution in [0.5, 0.6) is 0 Å². The first-order valence-electron chi connectivity index (χ1n) is 7.33. The summed E-state index contributed by atoms with van der Waals surface area (Å²) in [5.74, 6) is 0. The third-order valence-electron chi connectivity index (χ3n) is 3.75. The number of rotatable bonds is 4. The Kier molecular flexibility index (Phi) is 4.52. The molecule has 6 nitrogen and oxygen atoms in total. The molecule has 1 saturated heterocycles. The van der Waals surface area contributed by atoms with Crippen molar-refractivity contribution in [2.24, 2.45) is 0 Å². The second-order valence-corrected chi connectivity index (χ2v) is 5.63. The van der Waals surface area contributed by atoms with Crippen LogP contribution in [0.2, 0.25) is 5.15 Å². The van der Waals surface area contributed by atoms with E-state index in [-0.39, 0.29) is 16.5 Å². The number of halogens is 1. The minimum Gasteiger partial charge on any atom is -0.377 e. The SMILES string of the molecule is O=[N+]([O-])c1c(Cl)ncnc1/C(=C/N1CCCC1)c1ccccc1. The Hall–Kier alpha value is -2.47. The average molecular weight is 331 g/mol. The van der Waals surface area contributed by atoms with Gasteiger partial charge in [-0.25, -0.2) is 9.97 Å². The molecule has 2 heterocycles. The minimum absolute atomic E-state index is 0.150. The molecule has 0 saturated carbocycles. The van der Waals surface area contributed by atoms with Crippen molar-refractivity contribution in [3.05, 3.63) is 69.4 Å². The Labute approximate surface area is 138 Å². The van der Waals surface area contributed by atoms with E-state index in [1.807, 2.05) is 36.5 Å². The molecule has 0 bridgehead atoms. The number of benzene rings is 1.